The van der Waals surface area contributed by atoms with Gasteiger partial charge in [-0.3, -0.25) is 0 Å². The minimum atomic E-state index is -4.87. The summed E-state index contributed by atoms with van der Waals surface area (Å²) >= 11 is 0. The van der Waals surface area contributed by atoms with Gasteiger partial charge >= 0.3 is 6.36 Å². The lowest BCUT2D eigenvalue weighted by atomic mass is 10.1. The van der Waals surface area contributed by atoms with Gasteiger partial charge in [-0.1, -0.05) is 6.07 Å². The van der Waals surface area contributed by atoms with Crippen LogP contribution >= 0.6 is 0 Å². The van der Waals surface area contributed by atoms with E-state index in [0.717, 1.165) is 6.07 Å². The molecule has 4 nitrogen and oxygen atoms in total. The van der Waals surface area contributed by atoms with Crippen molar-refractivity contribution in [3.63, 3.8) is 0 Å². The predicted octanol–water partition coefficient (Wildman–Crippen LogP) is 2.97. The molecule has 1 aromatic carbocycles. The normalized spacial score (nSPS) is 13.3. The van der Waals surface area contributed by atoms with E-state index in [0.29, 0.717) is 0 Å². The van der Waals surface area contributed by atoms with Gasteiger partial charge < -0.3 is 4.74 Å². The van der Waals surface area contributed by atoms with E-state index in [1.165, 1.54) is 19.1 Å². The molecule has 0 aliphatic rings. The van der Waals surface area contributed by atoms with E-state index >= 15 is 0 Å². The zero-order valence-corrected chi connectivity index (χ0v) is 12.3. The van der Waals surface area contributed by atoms with Gasteiger partial charge in [0.25, 0.3) is 0 Å². The van der Waals surface area contributed by atoms with Gasteiger partial charge in [0.2, 0.25) is 10.0 Å². The van der Waals surface area contributed by atoms with Crippen molar-refractivity contribution in [3.8, 4) is 5.75 Å². The molecule has 0 heterocycles. The van der Waals surface area contributed by atoms with Crippen LogP contribution in [0.15, 0.2) is 23.1 Å². The molecule has 0 aliphatic carbocycles. The van der Waals surface area contributed by atoms with Crippen molar-refractivity contribution < 1.29 is 26.3 Å². The van der Waals surface area contributed by atoms with Gasteiger partial charge in [0.05, 0.1) is 4.90 Å². The summed E-state index contributed by atoms with van der Waals surface area (Å²) in [5, 5.41) is 0. The standard InChI is InChI=1S/C12H16F3NO3S/c1-8-5-6-9(7-10(8)19-12(13,14)15)20(17,18)16-11(2,3)4/h5-7,16H,1-4H3. The Balaban J connectivity index is 3.19. The largest absolute Gasteiger partial charge is 0.573 e. The summed E-state index contributed by atoms with van der Waals surface area (Å²) in [4.78, 5) is -0.280. The van der Waals surface area contributed by atoms with Crippen LogP contribution < -0.4 is 9.46 Å². The Morgan fingerprint density at radius 2 is 1.70 bits per heavy atom. The fourth-order valence-electron chi connectivity index (χ4n) is 1.44. The smallest absolute Gasteiger partial charge is 0.405 e. The second kappa shape index (κ2) is 5.25. The highest BCUT2D eigenvalue weighted by atomic mass is 32.2. The van der Waals surface area contributed by atoms with Crippen LogP contribution in [0.1, 0.15) is 26.3 Å². The predicted molar refractivity (Wildman–Crippen MR) is 67.9 cm³/mol. The van der Waals surface area contributed by atoms with E-state index < -0.39 is 27.7 Å². The molecular weight excluding hydrogens is 295 g/mol. The Kier molecular flexibility index (Phi) is 4.40. The van der Waals surface area contributed by atoms with Crippen molar-refractivity contribution in [2.24, 2.45) is 0 Å². The van der Waals surface area contributed by atoms with Crippen molar-refractivity contribution in [3.05, 3.63) is 23.8 Å². The molecule has 0 fully saturated rings. The summed E-state index contributed by atoms with van der Waals surface area (Å²) in [5.74, 6) is -0.533. The SMILES string of the molecule is Cc1ccc(S(=O)(=O)NC(C)(C)C)cc1OC(F)(F)F. The minimum Gasteiger partial charge on any atom is -0.405 e. The first-order valence-electron chi connectivity index (χ1n) is 5.70. The Morgan fingerprint density at radius 3 is 2.15 bits per heavy atom. The first-order chi connectivity index (χ1) is 8.80. The molecule has 114 valence electrons. The molecule has 1 N–H and O–H groups in total. The molecule has 0 aliphatic heterocycles. The maximum Gasteiger partial charge on any atom is 0.573 e. The summed E-state index contributed by atoms with van der Waals surface area (Å²) in [6.45, 7) is 6.29. The molecule has 1 aromatic rings. The monoisotopic (exact) mass is 311 g/mol. The Labute approximate surface area is 116 Å². The number of alkyl halides is 3. The minimum absolute atomic E-state index is 0.192. The van der Waals surface area contributed by atoms with E-state index in [9.17, 15) is 21.6 Å². The molecule has 0 atom stereocenters. The van der Waals surface area contributed by atoms with Crippen molar-refractivity contribution in [2.75, 3.05) is 0 Å². The van der Waals surface area contributed by atoms with Gasteiger partial charge in [-0.15, -0.1) is 13.2 Å². The fraction of sp³-hybridized carbons (Fsp3) is 0.500. The van der Waals surface area contributed by atoms with Crippen LogP contribution in [0.25, 0.3) is 0 Å². The summed E-state index contributed by atoms with van der Waals surface area (Å²) < 4.78 is 66.9. The maximum atomic E-state index is 12.2. The van der Waals surface area contributed by atoms with Crippen molar-refractivity contribution >= 4 is 10.0 Å². The third-order valence-electron chi connectivity index (χ3n) is 2.14. The number of benzene rings is 1. The summed E-state index contributed by atoms with van der Waals surface area (Å²) in [6, 6.07) is 3.35. The van der Waals surface area contributed by atoms with E-state index in [1.807, 2.05) is 0 Å². The summed E-state index contributed by atoms with van der Waals surface area (Å²) in [5.41, 5.74) is -0.550. The van der Waals surface area contributed by atoms with Gasteiger partial charge in [0.1, 0.15) is 5.75 Å². The average molecular weight is 311 g/mol. The van der Waals surface area contributed by atoms with Gasteiger partial charge in [-0.05, 0) is 39.3 Å². The maximum absolute atomic E-state index is 12.2. The molecule has 8 heteroatoms. The third kappa shape index (κ3) is 5.01. The zero-order valence-electron chi connectivity index (χ0n) is 11.5. The van der Waals surface area contributed by atoms with Crippen LogP contribution in [-0.4, -0.2) is 20.3 Å². The average Bonchev–Trinajstić information content (AvgIpc) is 2.15. The van der Waals surface area contributed by atoms with Crippen LogP contribution in [0.2, 0.25) is 0 Å². The quantitative estimate of drug-likeness (QED) is 0.933. The molecule has 0 aromatic heterocycles. The molecular formula is C12H16F3NO3S. The number of ether oxygens (including phenoxy) is 1. The lowest BCUT2D eigenvalue weighted by molar-refractivity contribution is -0.274. The number of aryl methyl sites for hydroxylation is 1. The lowest BCUT2D eigenvalue weighted by Gasteiger charge is -2.21. The number of rotatable bonds is 3. The molecule has 0 spiro atoms. The van der Waals surface area contributed by atoms with Gasteiger partial charge in [-0.25, -0.2) is 13.1 Å². The van der Waals surface area contributed by atoms with Crippen molar-refractivity contribution in [2.45, 2.75) is 44.5 Å². The first-order valence-corrected chi connectivity index (χ1v) is 7.19. The van der Waals surface area contributed by atoms with Crippen molar-refractivity contribution in [1.29, 1.82) is 0 Å². The molecule has 20 heavy (non-hydrogen) atoms. The highest BCUT2D eigenvalue weighted by Crippen LogP contribution is 2.28. The Bertz CT molecular complexity index is 589. The Hall–Kier alpha value is -1.28. The van der Waals surface area contributed by atoms with Crippen LogP contribution in [0, 0.1) is 6.92 Å². The number of sulfonamides is 1. The number of hydrogen-bond acceptors (Lipinski definition) is 3. The van der Waals surface area contributed by atoms with E-state index in [1.54, 1.807) is 20.8 Å². The van der Waals surface area contributed by atoms with Gasteiger partial charge in [0, 0.05) is 11.6 Å². The van der Waals surface area contributed by atoms with E-state index in [2.05, 4.69) is 9.46 Å². The molecule has 0 amide bonds. The fourth-order valence-corrected chi connectivity index (χ4v) is 2.88. The van der Waals surface area contributed by atoms with Crippen LogP contribution in [0.3, 0.4) is 0 Å². The molecule has 0 saturated heterocycles. The second-order valence-electron chi connectivity index (χ2n) is 5.33. The number of hydrogen-bond donors (Lipinski definition) is 1. The van der Waals surface area contributed by atoms with E-state index in [4.69, 9.17) is 0 Å². The third-order valence-corrected chi connectivity index (χ3v) is 3.89. The van der Waals surface area contributed by atoms with Gasteiger partial charge in [-0.2, -0.15) is 0 Å². The Morgan fingerprint density at radius 1 is 1.15 bits per heavy atom. The van der Waals surface area contributed by atoms with Crippen LogP contribution in [-0.2, 0) is 10.0 Å². The van der Waals surface area contributed by atoms with E-state index in [-0.39, 0.29) is 10.5 Å². The molecule has 0 radical (unpaired) electrons. The molecule has 0 saturated carbocycles. The molecule has 0 unspecified atom stereocenters. The van der Waals surface area contributed by atoms with Crippen LogP contribution in [0.5, 0.6) is 5.75 Å². The molecule has 1 rings (SSSR count). The number of nitrogens with one attached hydrogen (secondary N) is 1. The topological polar surface area (TPSA) is 55.4 Å². The lowest BCUT2D eigenvalue weighted by Crippen LogP contribution is -2.40. The second-order valence-corrected chi connectivity index (χ2v) is 7.01. The van der Waals surface area contributed by atoms with Gasteiger partial charge in [0.15, 0.2) is 0 Å². The molecule has 0 bridgehead atoms. The zero-order chi connectivity index (χ0) is 15.8. The number of halogens is 3. The highest BCUT2D eigenvalue weighted by molar-refractivity contribution is 7.89. The van der Waals surface area contributed by atoms with Crippen molar-refractivity contribution in [1.82, 2.24) is 4.72 Å². The van der Waals surface area contributed by atoms with Crippen LogP contribution in [0.4, 0.5) is 13.2 Å². The first kappa shape index (κ1) is 16.8. The highest BCUT2D eigenvalue weighted by Gasteiger charge is 2.32. The summed E-state index contributed by atoms with van der Waals surface area (Å²) in [6.07, 6.45) is -4.87. The summed E-state index contributed by atoms with van der Waals surface area (Å²) in [7, 11) is -3.91.